The molecule has 18 heavy (non-hydrogen) atoms. The predicted octanol–water partition coefficient (Wildman–Crippen LogP) is 0.487. The van der Waals surface area contributed by atoms with Crippen molar-refractivity contribution in [2.75, 3.05) is 13.1 Å². The first-order valence-corrected chi connectivity index (χ1v) is 6.80. The second kappa shape index (κ2) is 6.73. The Labute approximate surface area is 109 Å². The fourth-order valence-electron chi connectivity index (χ4n) is 2.10. The number of hydrogen-bond donors (Lipinski definition) is 2. The zero-order chi connectivity index (χ0) is 13.7. The molecule has 1 heterocycles. The highest BCUT2D eigenvalue weighted by molar-refractivity contribution is 5.81. The van der Waals surface area contributed by atoms with Crippen LogP contribution in [0.15, 0.2) is 0 Å². The van der Waals surface area contributed by atoms with Crippen molar-refractivity contribution in [1.29, 1.82) is 0 Å². The first kappa shape index (κ1) is 15.0. The summed E-state index contributed by atoms with van der Waals surface area (Å²) in [6, 6.07) is -0.258. The van der Waals surface area contributed by atoms with Crippen molar-refractivity contribution in [3.63, 3.8) is 0 Å². The van der Waals surface area contributed by atoms with Gasteiger partial charge in [-0.05, 0) is 19.3 Å². The Morgan fingerprint density at radius 3 is 2.33 bits per heavy atom. The summed E-state index contributed by atoms with van der Waals surface area (Å²) in [5.74, 6) is 0.167. The van der Waals surface area contributed by atoms with E-state index in [-0.39, 0.29) is 23.8 Å². The second-order valence-electron chi connectivity index (χ2n) is 5.28. The van der Waals surface area contributed by atoms with E-state index in [1.165, 1.54) is 0 Å². The van der Waals surface area contributed by atoms with Crippen LogP contribution in [0.1, 0.15) is 40.0 Å². The van der Waals surface area contributed by atoms with Crippen LogP contribution in [0.2, 0.25) is 0 Å². The fourth-order valence-corrected chi connectivity index (χ4v) is 2.10. The van der Waals surface area contributed by atoms with Crippen molar-refractivity contribution < 1.29 is 9.59 Å². The zero-order valence-electron chi connectivity index (χ0n) is 11.6. The molecule has 1 saturated heterocycles. The minimum Gasteiger partial charge on any atom is -0.352 e. The van der Waals surface area contributed by atoms with E-state index >= 15 is 0 Å². The Bertz CT molecular complexity index is 297. The molecule has 1 aliphatic heterocycles. The van der Waals surface area contributed by atoms with Crippen LogP contribution in [-0.2, 0) is 9.59 Å². The summed E-state index contributed by atoms with van der Waals surface area (Å²) in [6.45, 7) is 7.17. The monoisotopic (exact) mass is 255 g/mol. The van der Waals surface area contributed by atoms with Gasteiger partial charge < -0.3 is 16.0 Å². The van der Waals surface area contributed by atoms with E-state index in [1.807, 2.05) is 25.7 Å². The minimum absolute atomic E-state index is 0.0460. The van der Waals surface area contributed by atoms with Crippen LogP contribution in [0.5, 0.6) is 0 Å². The quantitative estimate of drug-likeness (QED) is 0.767. The highest BCUT2D eigenvalue weighted by Crippen LogP contribution is 2.13. The summed E-state index contributed by atoms with van der Waals surface area (Å²) >= 11 is 0. The lowest BCUT2D eigenvalue weighted by Gasteiger charge is -2.33. The molecule has 0 aromatic heterocycles. The van der Waals surface area contributed by atoms with Gasteiger partial charge in [-0.2, -0.15) is 0 Å². The van der Waals surface area contributed by atoms with Crippen molar-refractivity contribution in [1.82, 2.24) is 10.2 Å². The van der Waals surface area contributed by atoms with Crippen LogP contribution in [0.3, 0.4) is 0 Å². The normalized spacial score (nSPS) is 18.8. The number of nitrogens with two attached hydrogens (primary N) is 1. The number of nitrogens with one attached hydrogen (secondary N) is 1. The first-order chi connectivity index (χ1) is 8.45. The molecule has 5 nitrogen and oxygen atoms in total. The zero-order valence-corrected chi connectivity index (χ0v) is 11.6. The Hall–Kier alpha value is -1.10. The fraction of sp³-hybridized carbons (Fsp3) is 0.846. The van der Waals surface area contributed by atoms with E-state index in [4.69, 9.17) is 5.73 Å². The number of carbonyl (C=O) groups excluding carboxylic acids is 2. The minimum atomic E-state index is -0.416. The average molecular weight is 255 g/mol. The van der Waals surface area contributed by atoms with Gasteiger partial charge in [0.25, 0.3) is 0 Å². The molecular formula is C13H25N3O2. The van der Waals surface area contributed by atoms with Gasteiger partial charge in [-0.15, -0.1) is 0 Å². The third kappa shape index (κ3) is 3.98. The van der Waals surface area contributed by atoms with Gasteiger partial charge in [-0.25, -0.2) is 0 Å². The summed E-state index contributed by atoms with van der Waals surface area (Å²) in [4.78, 5) is 25.3. The standard InChI is InChI=1S/C13H25N3O2/c1-4-11(14)12(17)15-10-5-7-16(8-6-10)13(18)9(2)3/h9-11H,4-8,14H2,1-3H3,(H,15,17)/t11-/m0/s1. The molecule has 0 unspecified atom stereocenters. The number of carbonyl (C=O) groups is 2. The van der Waals surface area contributed by atoms with Gasteiger partial charge in [0, 0.05) is 25.0 Å². The molecule has 3 N–H and O–H groups in total. The number of nitrogens with zero attached hydrogens (tertiary/aromatic N) is 1. The smallest absolute Gasteiger partial charge is 0.237 e. The van der Waals surface area contributed by atoms with Crippen LogP contribution in [0.4, 0.5) is 0 Å². The topological polar surface area (TPSA) is 75.4 Å². The van der Waals surface area contributed by atoms with E-state index in [9.17, 15) is 9.59 Å². The van der Waals surface area contributed by atoms with Crippen molar-refractivity contribution in [2.24, 2.45) is 11.7 Å². The number of hydrogen-bond acceptors (Lipinski definition) is 3. The van der Waals surface area contributed by atoms with Crippen molar-refractivity contribution in [3.05, 3.63) is 0 Å². The molecule has 1 rings (SSSR count). The largest absolute Gasteiger partial charge is 0.352 e. The Kier molecular flexibility index (Phi) is 5.59. The molecule has 5 heteroatoms. The first-order valence-electron chi connectivity index (χ1n) is 6.80. The highest BCUT2D eigenvalue weighted by Gasteiger charge is 2.25. The van der Waals surface area contributed by atoms with Gasteiger partial charge >= 0.3 is 0 Å². The Balaban J connectivity index is 2.36. The summed E-state index contributed by atoms with van der Waals surface area (Å²) in [6.07, 6.45) is 2.29. The Morgan fingerprint density at radius 1 is 1.33 bits per heavy atom. The summed E-state index contributed by atoms with van der Waals surface area (Å²) in [7, 11) is 0. The van der Waals surface area contributed by atoms with Crippen molar-refractivity contribution in [3.8, 4) is 0 Å². The highest BCUT2D eigenvalue weighted by atomic mass is 16.2. The third-order valence-corrected chi connectivity index (χ3v) is 3.42. The van der Waals surface area contributed by atoms with Gasteiger partial charge in [0.05, 0.1) is 6.04 Å². The molecule has 1 fully saturated rings. The van der Waals surface area contributed by atoms with Crippen LogP contribution in [-0.4, -0.2) is 41.9 Å². The van der Waals surface area contributed by atoms with Crippen molar-refractivity contribution >= 4 is 11.8 Å². The average Bonchev–Trinajstić information content (AvgIpc) is 2.37. The van der Waals surface area contributed by atoms with E-state index in [0.29, 0.717) is 6.42 Å². The molecule has 104 valence electrons. The maximum atomic E-state index is 11.8. The number of likely N-dealkylation sites (tertiary alicyclic amines) is 1. The molecule has 2 amide bonds. The summed E-state index contributed by atoms with van der Waals surface area (Å²) in [5.41, 5.74) is 5.67. The summed E-state index contributed by atoms with van der Waals surface area (Å²) < 4.78 is 0. The predicted molar refractivity (Wildman–Crippen MR) is 70.8 cm³/mol. The summed E-state index contributed by atoms with van der Waals surface area (Å²) in [5, 5.41) is 2.96. The number of piperidine rings is 1. The third-order valence-electron chi connectivity index (χ3n) is 3.42. The molecule has 0 aromatic rings. The van der Waals surface area contributed by atoms with E-state index in [2.05, 4.69) is 5.32 Å². The lowest BCUT2D eigenvalue weighted by molar-refractivity contribution is -0.135. The molecule has 1 atom stereocenters. The lowest BCUT2D eigenvalue weighted by Crippen LogP contribution is -2.50. The number of rotatable bonds is 4. The van der Waals surface area contributed by atoms with Gasteiger partial charge in [0.1, 0.15) is 0 Å². The maximum absolute atomic E-state index is 11.8. The molecule has 0 bridgehead atoms. The van der Waals surface area contributed by atoms with Crippen molar-refractivity contribution in [2.45, 2.75) is 52.1 Å². The molecule has 0 spiro atoms. The Morgan fingerprint density at radius 2 is 1.89 bits per heavy atom. The molecule has 0 radical (unpaired) electrons. The van der Waals surface area contributed by atoms with Gasteiger partial charge in [-0.1, -0.05) is 20.8 Å². The molecule has 0 aromatic carbocycles. The van der Waals surface area contributed by atoms with Gasteiger partial charge in [0.2, 0.25) is 11.8 Å². The van der Waals surface area contributed by atoms with Crippen LogP contribution in [0.25, 0.3) is 0 Å². The van der Waals surface area contributed by atoms with E-state index < -0.39 is 6.04 Å². The lowest BCUT2D eigenvalue weighted by atomic mass is 10.0. The van der Waals surface area contributed by atoms with Crippen LogP contribution in [0, 0.1) is 5.92 Å². The number of amides is 2. The maximum Gasteiger partial charge on any atom is 0.237 e. The van der Waals surface area contributed by atoms with Gasteiger partial charge in [-0.3, -0.25) is 9.59 Å². The van der Waals surface area contributed by atoms with Crippen LogP contribution < -0.4 is 11.1 Å². The molecular weight excluding hydrogens is 230 g/mol. The molecule has 0 saturated carbocycles. The SMILES string of the molecule is CC[C@H](N)C(=O)NC1CCN(C(=O)C(C)C)CC1. The van der Waals surface area contributed by atoms with Crippen LogP contribution >= 0.6 is 0 Å². The van der Waals surface area contributed by atoms with Gasteiger partial charge in [0.15, 0.2) is 0 Å². The molecule has 0 aliphatic carbocycles. The second-order valence-corrected chi connectivity index (χ2v) is 5.28. The van der Waals surface area contributed by atoms with E-state index in [0.717, 1.165) is 25.9 Å². The molecule has 1 aliphatic rings. The van der Waals surface area contributed by atoms with E-state index in [1.54, 1.807) is 0 Å².